The van der Waals surface area contributed by atoms with Gasteiger partial charge in [-0.2, -0.15) is 0 Å². The van der Waals surface area contributed by atoms with Gasteiger partial charge < -0.3 is 4.90 Å². The highest BCUT2D eigenvalue weighted by atomic mass is 79.9. The maximum atomic E-state index is 3.80. The fraction of sp³-hybridized carbons (Fsp3) is 0.0588. The summed E-state index contributed by atoms with van der Waals surface area (Å²) in [6, 6.07) is 66.7. The lowest BCUT2D eigenvalue weighted by atomic mass is 9.78. The van der Waals surface area contributed by atoms with E-state index in [-0.39, 0.29) is 5.41 Å². The predicted molar refractivity (Wildman–Crippen MR) is 230 cm³/mol. The first-order valence-corrected chi connectivity index (χ1v) is 19.1. The number of rotatable bonds is 5. The van der Waals surface area contributed by atoms with E-state index in [0.717, 1.165) is 21.5 Å². The van der Waals surface area contributed by atoms with Gasteiger partial charge in [-0.25, -0.2) is 0 Å². The number of anilines is 3. The van der Waals surface area contributed by atoms with Crippen molar-refractivity contribution >= 4 is 65.3 Å². The summed E-state index contributed by atoms with van der Waals surface area (Å²) < 4.78 is 1.11. The second-order valence-electron chi connectivity index (χ2n) is 14.6. The number of hydrogen-bond acceptors (Lipinski definition) is 1. The molecule has 0 spiro atoms. The summed E-state index contributed by atoms with van der Waals surface area (Å²) in [5.41, 5.74) is 13.4. The summed E-state index contributed by atoms with van der Waals surface area (Å²) in [4.78, 5) is 2.47. The van der Waals surface area contributed by atoms with Gasteiger partial charge in [-0.3, -0.25) is 0 Å². The van der Waals surface area contributed by atoms with E-state index in [9.17, 15) is 0 Å². The van der Waals surface area contributed by atoms with Crippen LogP contribution in [0, 0.1) is 0 Å². The van der Waals surface area contributed by atoms with Gasteiger partial charge in [0.25, 0.3) is 0 Å². The van der Waals surface area contributed by atoms with Crippen LogP contribution < -0.4 is 4.90 Å². The Bertz CT molecular complexity index is 2800. The molecule has 0 amide bonds. The minimum Gasteiger partial charge on any atom is -0.310 e. The summed E-state index contributed by atoms with van der Waals surface area (Å²) in [7, 11) is 0. The van der Waals surface area contributed by atoms with Crippen LogP contribution in [-0.2, 0) is 5.41 Å². The molecule has 0 radical (unpaired) electrons. The first-order valence-electron chi connectivity index (χ1n) is 18.3. The van der Waals surface area contributed by atoms with Gasteiger partial charge in [-0.15, -0.1) is 0 Å². The maximum absolute atomic E-state index is 3.80. The minimum absolute atomic E-state index is 0.200. The van der Waals surface area contributed by atoms with Gasteiger partial charge in [0.2, 0.25) is 0 Å². The minimum atomic E-state index is -0.200. The lowest BCUT2D eigenvalue weighted by molar-refractivity contribution is 0.666. The maximum Gasteiger partial charge on any atom is 0.0546 e. The number of halogens is 1. The van der Waals surface area contributed by atoms with Gasteiger partial charge in [-0.05, 0) is 120 Å². The number of benzene rings is 9. The predicted octanol–water partition coefficient (Wildman–Crippen LogP) is 15.0. The number of nitrogens with zero attached hydrogens (tertiary/aromatic N) is 1. The van der Waals surface area contributed by atoms with E-state index < -0.39 is 0 Å². The van der Waals surface area contributed by atoms with E-state index in [1.165, 1.54) is 76.8 Å². The van der Waals surface area contributed by atoms with Crippen molar-refractivity contribution in [3.05, 3.63) is 198 Å². The van der Waals surface area contributed by atoms with Crippen LogP contribution in [0.2, 0.25) is 0 Å². The second kappa shape index (κ2) is 12.3. The molecule has 0 fully saturated rings. The zero-order chi connectivity index (χ0) is 35.7. The van der Waals surface area contributed by atoms with Crippen LogP contribution >= 0.6 is 15.9 Å². The summed E-state index contributed by atoms with van der Waals surface area (Å²) in [5.74, 6) is 0. The molecule has 0 aliphatic heterocycles. The molecule has 53 heavy (non-hydrogen) atoms. The van der Waals surface area contributed by atoms with E-state index >= 15 is 0 Å². The molecule has 0 bridgehead atoms. The summed E-state index contributed by atoms with van der Waals surface area (Å²) >= 11 is 3.80. The van der Waals surface area contributed by atoms with Crippen LogP contribution in [0.4, 0.5) is 17.1 Å². The third-order valence-corrected chi connectivity index (χ3v) is 11.7. The quantitative estimate of drug-likeness (QED) is 0.159. The molecular weight excluding hydrogens is 706 g/mol. The Kier molecular flexibility index (Phi) is 7.39. The average Bonchev–Trinajstić information content (AvgIpc) is 3.44. The molecule has 1 nitrogen and oxygen atoms in total. The highest BCUT2D eigenvalue weighted by molar-refractivity contribution is 9.10. The molecule has 0 N–H and O–H groups in total. The van der Waals surface area contributed by atoms with Crippen molar-refractivity contribution in [3.8, 4) is 33.4 Å². The summed E-state index contributed by atoms with van der Waals surface area (Å²) in [6.45, 7) is 4.80. The fourth-order valence-corrected chi connectivity index (χ4v) is 9.21. The van der Waals surface area contributed by atoms with Crippen molar-refractivity contribution in [2.45, 2.75) is 19.3 Å². The standard InChI is InChI=1S/C51H36BrN/c1-51(2)46-31-37(52)26-27-44(46)48-42-24-14-12-22-40(42)45-32-47(41-23-13-15-25-43(41)49(45)50(48)51)53(38-20-10-5-11-21-38)39-29-35(33-16-6-3-7-17-33)28-36(30-39)34-18-8-4-9-19-34/h3-32H,1-2H3. The van der Waals surface area contributed by atoms with Gasteiger partial charge in [0.05, 0.1) is 5.69 Å². The average molecular weight is 743 g/mol. The Morgan fingerprint density at radius 2 is 0.981 bits per heavy atom. The Morgan fingerprint density at radius 1 is 0.434 bits per heavy atom. The Balaban J connectivity index is 1.33. The molecule has 252 valence electrons. The second-order valence-corrected chi connectivity index (χ2v) is 15.6. The van der Waals surface area contributed by atoms with Crippen molar-refractivity contribution in [1.29, 1.82) is 0 Å². The Hall–Kier alpha value is -5.96. The zero-order valence-corrected chi connectivity index (χ0v) is 31.2. The van der Waals surface area contributed by atoms with Crippen LogP contribution in [0.1, 0.15) is 25.0 Å². The normalized spacial score (nSPS) is 13.0. The third kappa shape index (κ3) is 5.05. The lowest BCUT2D eigenvalue weighted by Crippen LogP contribution is -2.16. The molecule has 0 heterocycles. The van der Waals surface area contributed by atoms with E-state index in [1.54, 1.807) is 0 Å². The molecule has 9 aromatic rings. The van der Waals surface area contributed by atoms with Gasteiger partial charge in [0.15, 0.2) is 0 Å². The van der Waals surface area contributed by atoms with Crippen LogP contribution in [0.15, 0.2) is 186 Å². The number of fused-ring (bicyclic) bond motifs is 10. The third-order valence-electron chi connectivity index (χ3n) is 11.2. The largest absolute Gasteiger partial charge is 0.310 e. The number of hydrogen-bond donors (Lipinski definition) is 0. The van der Waals surface area contributed by atoms with Gasteiger partial charge in [-0.1, -0.05) is 163 Å². The van der Waals surface area contributed by atoms with Crippen LogP contribution in [0.3, 0.4) is 0 Å². The molecule has 0 saturated carbocycles. The monoisotopic (exact) mass is 741 g/mol. The van der Waals surface area contributed by atoms with Crippen molar-refractivity contribution in [2.24, 2.45) is 0 Å². The van der Waals surface area contributed by atoms with Crippen LogP contribution in [-0.4, -0.2) is 0 Å². The Labute approximate surface area is 318 Å². The molecule has 1 aliphatic carbocycles. The van der Waals surface area contributed by atoms with Crippen molar-refractivity contribution in [3.63, 3.8) is 0 Å². The van der Waals surface area contributed by atoms with Gasteiger partial charge in [0.1, 0.15) is 0 Å². The van der Waals surface area contributed by atoms with E-state index in [0.29, 0.717) is 0 Å². The molecule has 0 unspecified atom stereocenters. The number of para-hydroxylation sites is 1. The topological polar surface area (TPSA) is 3.24 Å². The van der Waals surface area contributed by atoms with Crippen LogP contribution in [0.25, 0.3) is 65.7 Å². The summed E-state index contributed by atoms with van der Waals surface area (Å²) in [6.07, 6.45) is 0. The van der Waals surface area contributed by atoms with Crippen LogP contribution in [0.5, 0.6) is 0 Å². The molecule has 9 aromatic carbocycles. The van der Waals surface area contributed by atoms with Crippen molar-refractivity contribution in [1.82, 2.24) is 0 Å². The highest BCUT2D eigenvalue weighted by Crippen LogP contribution is 2.57. The molecule has 0 aromatic heterocycles. The first kappa shape index (κ1) is 31.7. The molecule has 0 atom stereocenters. The fourth-order valence-electron chi connectivity index (χ4n) is 8.85. The van der Waals surface area contributed by atoms with E-state index in [2.05, 4.69) is 217 Å². The highest BCUT2D eigenvalue weighted by Gasteiger charge is 2.39. The Morgan fingerprint density at radius 3 is 1.62 bits per heavy atom. The van der Waals surface area contributed by atoms with E-state index in [1.807, 2.05) is 0 Å². The lowest BCUT2D eigenvalue weighted by Gasteiger charge is -2.30. The van der Waals surface area contributed by atoms with Gasteiger partial charge in [0, 0.05) is 26.6 Å². The zero-order valence-electron chi connectivity index (χ0n) is 29.6. The SMILES string of the molecule is CC1(C)c2cc(Br)ccc2-c2c1c1c3ccccc3c(N(c3ccccc3)c3cc(-c4ccccc4)cc(-c4ccccc4)c3)cc1c1ccccc21. The van der Waals surface area contributed by atoms with Crippen molar-refractivity contribution < 1.29 is 0 Å². The van der Waals surface area contributed by atoms with Crippen molar-refractivity contribution in [2.75, 3.05) is 4.90 Å². The smallest absolute Gasteiger partial charge is 0.0546 e. The molecule has 2 heteroatoms. The molecular formula is C51H36BrN. The van der Waals surface area contributed by atoms with Gasteiger partial charge >= 0.3 is 0 Å². The summed E-state index contributed by atoms with van der Waals surface area (Å²) in [5, 5.41) is 7.68. The van der Waals surface area contributed by atoms with E-state index in [4.69, 9.17) is 0 Å². The molecule has 1 aliphatic rings. The molecule has 0 saturated heterocycles. The molecule has 10 rings (SSSR count). The first-order chi connectivity index (χ1) is 26.0.